The normalized spacial score (nSPS) is 11.1. The van der Waals surface area contributed by atoms with Crippen LogP contribution in [0.5, 0.6) is 0 Å². The molecular weight excluding hydrogens is 328 g/mol. The molecule has 1 nitrogen and oxygen atoms in total. The monoisotopic (exact) mass is 356 g/mol. The van der Waals surface area contributed by atoms with Crippen LogP contribution < -0.4 is 0 Å². The van der Waals surface area contributed by atoms with Gasteiger partial charge in [0.2, 0.25) is 0 Å². The topological polar surface area (TPSA) is 17.1 Å². The first-order chi connectivity index (χ1) is 12.8. The molecule has 138 valence electrons. The van der Waals surface area contributed by atoms with E-state index in [2.05, 4.69) is 65.8 Å². The molecule has 0 heterocycles. The van der Waals surface area contributed by atoms with Crippen LogP contribution >= 0.6 is 0 Å². The number of aryl methyl sites for hydroxylation is 6. The maximum atomic E-state index is 13.7. The second kappa shape index (κ2) is 7.52. The number of benzene rings is 3. The minimum absolute atomic E-state index is 0.167. The molecule has 0 N–H and O–H groups in total. The van der Waals surface area contributed by atoms with E-state index in [1.165, 1.54) is 33.4 Å². The zero-order chi connectivity index (χ0) is 19.7. The van der Waals surface area contributed by atoms with Gasteiger partial charge in [-0.15, -0.1) is 0 Å². The molecule has 0 radical (unpaired) electrons. The van der Waals surface area contributed by atoms with Crippen LogP contribution in [0.15, 0.2) is 54.6 Å². The molecule has 0 spiro atoms. The van der Waals surface area contributed by atoms with Gasteiger partial charge in [-0.05, 0) is 74.9 Å². The number of hydrogen-bond donors (Lipinski definition) is 0. The molecule has 0 atom stereocenters. The molecule has 3 rings (SSSR count). The van der Waals surface area contributed by atoms with Crippen LogP contribution in [0.25, 0.3) is 0 Å². The van der Waals surface area contributed by atoms with E-state index in [0.29, 0.717) is 0 Å². The predicted molar refractivity (Wildman–Crippen MR) is 114 cm³/mol. The summed E-state index contributed by atoms with van der Waals surface area (Å²) in [4.78, 5) is 13.7. The van der Waals surface area contributed by atoms with Gasteiger partial charge in [0.15, 0.2) is 5.78 Å². The van der Waals surface area contributed by atoms with E-state index in [-0.39, 0.29) is 11.7 Å². The van der Waals surface area contributed by atoms with Gasteiger partial charge in [0.25, 0.3) is 0 Å². The highest BCUT2D eigenvalue weighted by Gasteiger charge is 2.29. The second-order valence-corrected chi connectivity index (χ2v) is 7.79. The Kier molecular flexibility index (Phi) is 5.32. The molecule has 0 fully saturated rings. The SMILES string of the molecule is Cc1cc(C)c(C(C(=O)c2ccccc2)c2c(C)cc(C)cc2C)c(C)c1. The van der Waals surface area contributed by atoms with Crippen molar-refractivity contribution in [3.63, 3.8) is 0 Å². The number of ketones is 1. The summed E-state index contributed by atoms with van der Waals surface area (Å²) in [6, 6.07) is 18.4. The lowest BCUT2D eigenvalue weighted by Crippen LogP contribution is -2.19. The Labute approximate surface area is 163 Å². The fraction of sp³-hybridized carbons (Fsp3) is 0.269. The van der Waals surface area contributed by atoms with Crippen LogP contribution in [0, 0.1) is 41.5 Å². The van der Waals surface area contributed by atoms with Gasteiger partial charge in [-0.3, -0.25) is 4.79 Å². The van der Waals surface area contributed by atoms with Crippen LogP contribution in [-0.2, 0) is 0 Å². The molecule has 0 bridgehead atoms. The lowest BCUT2D eigenvalue weighted by Gasteiger charge is -2.25. The second-order valence-electron chi connectivity index (χ2n) is 7.79. The summed E-state index contributed by atoms with van der Waals surface area (Å²) >= 11 is 0. The van der Waals surface area contributed by atoms with E-state index in [9.17, 15) is 4.79 Å². The van der Waals surface area contributed by atoms with E-state index >= 15 is 0 Å². The van der Waals surface area contributed by atoms with Crippen LogP contribution in [-0.4, -0.2) is 5.78 Å². The zero-order valence-electron chi connectivity index (χ0n) is 17.2. The molecule has 0 saturated carbocycles. The highest BCUT2D eigenvalue weighted by molar-refractivity contribution is 6.03. The molecule has 27 heavy (non-hydrogen) atoms. The van der Waals surface area contributed by atoms with Gasteiger partial charge in [-0.2, -0.15) is 0 Å². The molecule has 0 aliphatic carbocycles. The number of Topliss-reactive ketones (excluding diaryl/α,β-unsaturated/α-hetero) is 1. The number of hydrogen-bond acceptors (Lipinski definition) is 1. The van der Waals surface area contributed by atoms with Crippen molar-refractivity contribution >= 4 is 5.78 Å². The average molecular weight is 357 g/mol. The summed E-state index contributed by atoms with van der Waals surface area (Å²) in [5, 5.41) is 0. The molecular formula is C26H28O. The summed E-state index contributed by atoms with van der Waals surface area (Å²) in [6.07, 6.45) is 0. The van der Waals surface area contributed by atoms with Gasteiger partial charge in [0.05, 0.1) is 5.92 Å². The van der Waals surface area contributed by atoms with E-state index < -0.39 is 0 Å². The maximum Gasteiger partial charge on any atom is 0.174 e. The average Bonchev–Trinajstić information content (AvgIpc) is 2.59. The predicted octanol–water partition coefficient (Wildman–Crippen LogP) is 6.55. The smallest absolute Gasteiger partial charge is 0.174 e. The minimum Gasteiger partial charge on any atom is -0.293 e. The van der Waals surface area contributed by atoms with Crippen molar-refractivity contribution in [3.8, 4) is 0 Å². The molecule has 0 saturated heterocycles. The van der Waals surface area contributed by atoms with Crippen molar-refractivity contribution in [2.24, 2.45) is 0 Å². The van der Waals surface area contributed by atoms with Gasteiger partial charge in [-0.1, -0.05) is 65.7 Å². The molecule has 0 aliphatic heterocycles. The highest BCUT2D eigenvalue weighted by Crippen LogP contribution is 2.37. The van der Waals surface area contributed by atoms with E-state index in [1.807, 2.05) is 30.3 Å². The maximum absolute atomic E-state index is 13.7. The Balaban J connectivity index is 2.31. The molecule has 3 aromatic carbocycles. The molecule has 0 amide bonds. The third kappa shape index (κ3) is 3.73. The number of carbonyl (C=O) groups is 1. The van der Waals surface area contributed by atoms with E-state index in [4.69, 9.17) is 0 Å². The molecule has 0 unspecified atom stereocenters. The molecule has 0 aromatic heterocycles. The minimum atomic E-state index is -0.284. The van der Waals surface area contributed by atoms with Gasteiger partial charge in [0.1, 0.15) is 0 Å². The first-order valence-electron chi connectivity index (χ1n) is 9.54. The van der Waals surface area contributed by atoms with E-state index in [0.717, 1.165) is 16.7 Å². The van der Waals surface area contributed by atoms with Crippen molar-refractivity contribution in [3.05, 3.63) is 105 Å². The Hall–Kier alpha value is -2.67. The summed E-state index contributed by atoms with van der Waals surface area (Å²) in [5.74, 6) is -0.116. The Bertz CT molecular complexity index is 892. The quantitative estimate of drug-likeness (QED) is 0.484. The number of carbonyl (C=O) groups excluding carboxylic acids is 1. The fourth-order valence-electron chi connectivity index (χ4n) is 4.47. The largest absolute Gasteiger partial charge is 0.293 e. The fourth-order valence-corrected chi connectivity index (χ4v) is 4.47. The van der Waals surface area contributed by atoms with Crippen molar-refractivity contribution in [1.82, 2.24) is 0 Å². The Morgan fingerprint density at radius 1 is 0.630 bits per heavy atom. The molecule has 0 aliphatic rings. The first kappa shape index (κ1) is 19.1. The Morgan fingerprint density at radius 2 is 1.00 bits per heavy atom. The zero-order valence-corrected chi connectivity index (χ0v) is 17.2. The Morgan fingerprint density at radius 3 is 1.37 bits per heavy atom. The third-order valence-electron chi connectivity index (χ3n) is 5.37. The van der Waals surface area contributed by atoms with Gasteiger partial charge in [0, 0.05) is 5.56 Å². The van der Waals surface area contributed by atoms with Crippen LogP contribution in [0.4, 0.5) is 0 Å². The van der Waals surface area contributed by atoms with Crippen molar-refractivity contribution in [1.29, 1.82) is 0 Å². The lowest BCUT2D eigenvalue weighted by molar-refractivity contribution is 0.0972. The summed E-state index contributed by atoms with van der Waals surface area (Å²) in [5.41, 5.74) is 10.2. The van der Waals surface area contributed by atoms with Gasteiger partial charge < -0.3 is 0 Å². The lowest BCUT2D eigenvalue weighted by atomic mass is 9.77. The standard InChI is InChI=1S/C26H28O/c1-16-12-18(3)23(19(4)13-16)25(26(27)22-10-8-7-9-11-22)24-20(5)14-17(2)15-21(24)6/h7-15,25H,1-6H3. The summed E-state index contributed by atoms with van der Waals surface area (Å²) < 4.78 is 0. The van der Waals surface area contributed by atoms with Gasteiger partial charge in [-0.25, -0.2) is 0 Å². The van der Waals surface area contributed by atoms with Crippen LogP contribution in [0.2, 0.25) is 0 Å². The van der Waals surface area contributed by atoms with Gasteiger partial charge >= 0.3 is 0 Å². The first-order valence-corrected chi connectivity index (χ1v) is 9.54. The molecule has 3 aromatic rings. The third-order valence-corrected chi connectivity index (χ3v) is 5.37. The van der Waals surface area contributed by atoms with E-state index in [1.54, 1.807) is 0 Å². The number of rotatable bonds is 4. The van der Waals surface area contributed by atoms with Crippen molar-refractivity contribution in [2.45, 2.75) is 47.5 Å². The van der Waals surface area contributed by atoms with Crippen LogP contribution in [0.3, 0.4) is 0 Å². The summed E-state index contributed by atoms with van der Waals surface area (Å²) in [6.45, 7) is 12.7. The van der Waals surface area contributed by atoms with Crippen molar-refractivity contribution < 1.29 is 4.79 Å². The highest BCUT2D eigenvalue weighted by atomic mass is 16.1. The van der Waals surface area contributed by atoms with Crippen LogP contribution in [0.1, 0.15) is 60.8 Å². The van der Waals surface area contributed by atoms with Crippen molar-refractivity contribution in [2.75, 3.05) is 0 Å². The molecule has 1 heteroatoms. The summed E-state index contributed by atoms with van der Waals surface area (Å²) in [7, 11) is 0.